The summed E-state index contributed by atoms with van der Waals surface area (Å²) in [5, 5.41) is 10.6. The number of methoxy groups -OCH3 is 2. The van der Waals surface area contributed by atoms with Crippen molar-refractivity contribution in [1.29, 1.82) is 0 Å². The minimum Gasteiger partial charge on any atom is -0.466 e. The van der Waals surface area contributed by atoms with Crippen LogP contribution in [0.4, 0.5) is 10.1 Å². The SMILES string of the molecule is COC(=O)/C=C(/Nc1ccc(F)cc1-c1nnc(-c2ccncc2)o1)C(=O)OC. The van der Waals surface area contributed by atoms with Gasteiger partial charge in [0.25, 0.3) is 0 Å². The van der Waals surface area contributed by atoms with Gasteiger partial charge in [0.1, 0.15) is 11.5 Å². The number of nitrogens with one attached hydrogen (secondary N) is 1. The predicted octanol–water partition coefficient (Wildman–Crippen LogP) is 2.58. The lowest BCUT2D eigenvalue weighted by atomic mass is 10.1. The van der Waals surface area contributed by atoms with E-state index < -0.39 is 17.8 Å². The molecule has 0 amide bonds. The van der Waals surface area contributed by atoms with Gasteiger partial charge in [-0.05, 0) is 30.3 Å². The van der Waals surface area contributed by atoms with Crippen molar-refractivity contribution in [3.8, 4) is 22.9 Å². The molecule has 0 atom stereocenters. The summed E-state index contributed by atoms with van der Waals surface area (Å²) < 4.78 is 28.7. The molecule has 0 fully saturated rings. The van der Waals surface area contributed by atoms with E-state index in [2.05, 4.69) is 30.0 Å². The summed E-state index contributed by atoms with van der Waals surface area (Å²) in [7, 11) is 2.32. The molecular formula is C19H15FN4O5. The van der Waals surface area contributed by atoms with Gasteiger partial charge in [0.15, 0.2) is 0 Å². The van der Waals surface area contributed by atoms with Gasteiger partial charge in [-0.1, -0.05) is 0 Å². The van der Waals surface area contributed by atoms with Crippen LogP contribution in [0.5, 0.6) is 0 Å². The average molecular weight is 398 g/mol. The first-order valence-corrected chi connectivity index (χ1v) is 8.20. The van der Waals surface area contributed by atoms with Crippen molar-refractivity contribution >= 4 is 17.6 Å². The number of pyridine rings is 1. The van der Waals surface area contributed by atoms with E-state index in [0.29, 0.717) is 5.56 Å². The lowest BCUT2D eigenvalue weighted by Crippen LogP contribution is -2.16. The van der Waals surface area contributed by atoms with Gasteiger partial charge in [0, 0.05) is 18.0 Å². The second-order valence-electron chi connectivity index (χ2n) is 5.54. The molecule has 0 radical (unpaired) electrons. The van der Waals surface area contributed by atoms with Crippen LogP contribution in [0.2, 0.25) is 0 Å². The van der Waals surface area contributed by atoms with E-state index in [9.17, 15) is 14.0 Å². The highest BCUT2D eigenvalue weighted by atomic mass is 19.1. The highest BCUT2D eigenvalue weighted by molar-refractivity contribution is 5.99. The molecule has 2 aromatic heterocycles. The van der Waals surface area contributed by atoms with Crippen molar-refractivity contribution in [2.24, 2.45) is 0 Å². The lowest BCUT2D eigenvalue weighted by molar-refractivity contribution is -0.138. The quantitative estimate of drug-likeness (QED) is 0.494. The topological polar surface area (TPSA) is 116 Å². The van der Waals surface area contributed by atoms with Crippen LogP contribution in [0.25, 0.3) is 22.9 Å². The molecular weight excluding hydrogens is 383 g/mol. The molecule has 0 unspecified atom stereocenters. The van der Waals surface area contributed by atoms with Gasteiger partial charge < -0.3 is 19.2 Å². The van der Waals surface area contributed by atoms with E-state index in [1.165, 1.54) is 12.1 Å². The van der Waals surface area contributed by atoms with Crippen LogP contribution < -0.4 is 5.32 Å². The van der Waals surface area contributed by atoms with Crippen molar-refractivity contribution in [2.45, 2.75) is 0 Å². The maximum Gasteiger partial charge on any atom is 0.354 e. The Morgan fingerprint density at radius 1 is 1.07 bits per heavy atom. The third kappa shape index (κ3) is 4.61. The standard InChI is InChI=1S/C19H15FN4O5/c1-27-16(25)10-15(19(26)28-2)22-14-4-3-12(20)9-13(14)18-24-23-17(29-18)11-5-7-21-8-6-11/h3-10,22H,1-2H3/b15-10+. The highest BCUT2D eigenvalue weighted by Gasteiger charge is 2.19. The Labute approximate surface area is 164 Å². The van der Waals surface area contributed by atoms with Crippen LogP contribution in [0, 0.1) is 5.82 Å². The summed E-state index contributed by atoms with van der Waals surface area (Å²) in [6.07, 6.45) is 4.04. The molecule has 3 rings (SSSR count). The van der Waals surface area contributed by atoms with Crippen LogP contribution in [-0.4, -0.2) is 41.3 Å². The summed E-state index contributed by atoms with van der Waals surface area (Å²) in [6.45, 7) is 0. The molecule has 0 spiro atoms. The molecule has 1 N–H and O–H groups in total. The molecule has 3 aromatic rings. The van der Waals surface area contributed by atoms with E-state index in [0.717, 1.165) is 26.4 Å². The van der Waals surface area contributed by atoms with Gasteiger partial charge in [-0.3, -0.25) is 4.98 Å². The van der Waals surface area contributed by atoms with Crippen LogP contribution >= 0.6 is 0 Å². The second-order valence-corrected chi connectivity index (χ2v) is 5.54. The molecule has 0 aliphatic rings. The second kappa shape index (κ2) is 8.74. The van der Waals surface area contributed by atoms with E-state index in [1.807, 2.05) is 0 Å². The Morgan fingerprint density at radius 2 is 1.79 bits per heavy atom. The monoisotopic (exact) mass is 398 g/mol. The zero-order valence-electron chi connectivity index (χ0n) is 15.4. The first kappa shape index (κ1) is 19.7. The van der Waals surface area contributed by atoms with Crippen molar-refractivity contribution in [3.63, 3.8) is 0 Å². The predicted molar refractivity (Wildman–Crippen MR) is 98.7 cm³/mol. The van der Waals surface area contributed by atoms with Gasteiger partial charge in [-0.25, -0.2) is 14.0 Å². The number of rotatable bonds is 6. The largest absolute Gasteiger partial charge is 0.466 e. The zero-order valence-corrected chi connectivity index (χ0v) is 15.4. The van der Waals surface area contributed by atoms with Crippen molar-refractivity contribution in [3.05, 3.63) is 60.3 Å². The summed E-state index contributed by atoms with van der Waals surface area (Å²) in [6, 6.07) is 7.03. The van der Waals surface area contributed by atoms with Crippen LogP contribution in [0.1, 0.15) is 0 Å². The zero-order chi connectivity index (χ0) is 20.8. The Balaban J connectivity index is 2.00. The maximum absolute atomic E-state index is 13.9. The molecule has 0 aliphatic carbocycles. The van der Waals surface area contributed by atoms with Gasteiger partial charge in [0.2, 0.25) is 11.8 Å². The molecule has 29 heavy (non-hydrogen) atoms. The lowest BCUT2D eigenvalue weighted by Gasteiger charge is -2.12. The van der Waals surface area contributed by atoms with Gasteiger partial charge in [0.05, 0.1) is 31.5 Å². The summed E-state index contributed by atoms with van der Waals surface area (Å²) in [5.74, 6) is -1.96. The van der Waals surface area contributed by atoms with Crippen LogP contribution in [0.3, 0.4) is 0 Å². The third-order valence-corrected chi connectivity index (χ3v) is 3.70. The number of benzene rings is 1. The van der Waals surface area contributed by atoms with Crippen LogP contribution in [0.15, 0.2) is 58.9 Å². The van der Waals surface area contributed by atoms with Crippen molar-refractivity contribution in [2.75, 3.05) is 19.5 Å². The number of carbonyl (C=O) groups excluding carboxylic acids is 2. The molecule has 9 nitrogen and oxygen atoms in total. The molecule has 0 aliphatic heterocycles. The van der Waals surface area contributed by atoms with Crippen molar-refractivity contribution < 1.29 is 27.9 Å². The number of nitrogens with zero attached hydrogens (tertiary/aromatic N) is 3. The first-order chi connectivity index (χ1) is 14.0. The Morgan fingerprint density at radius 3 is 2.48 bits per heavy atom. The smallest absolute Gasteiger partial charge is 0.354 e. The number of anilines is 1. The number of carbonyl (C=O) groups is 2. The van der Waals surface area contributed by atoms with Crippen LogP contribution in [-0.2, 0) is 19.1 Å². The molecule has 10 heteroatoms. The first-order valence-electron chi connectivity index (χ1n) is 8.20. The maximum atomic E-state index is 13.9. The molecule has 2 heterocycles. The molecule has 0 bridgehead atoms. The molecule has 0 saturated heterocycles. The number of ether oxygens (including phenoxy) is 2. The number of hydrogen-bond acceptors (Lipinski definition) is 9. The van der Waals surface area contributed by atoms with Gasteiger partial charge >= 0.3 is 11.9 Å². The summed E-state index contributed by atoms with van der Waals surface area (Å²) >= 11 is 0. The van der Waals surface area contributed by atoms with E-state index in [4.69, 9.17) is 4.42 Å². The summed E-state index contributed by atoms with van der Waals surface area (Å²) in [4.78, 5) is 27.4. The Hall–Kier alpha value is -4.08. The number of halogens is 1. The van der Waals surface area contributed by atoms with E-state index >= 15 is 0 Å². The highest BCUT2D eigenvalue weighted by Crippen LogP contribution is 2.31. The normalized spacial score (nSPS) is 11.1. The fourth-order valence-electron chi connectivity index (χ4n) is 2.32. The fourth-order valence-corrected chi connectivity index (χ4v) is 2.32. The molecule has 148 valence electrons. The van der Waals surface area contributed by atoms with E-state index in [-0.39, 0.29) is 28.7 Å². The number of esters is 2. The average Bonchev–Trinajstić information content (AvgIpc) is 3.24. The van der Waals surface area contributed by atoms with Gasteiger partial charge in [-0.2, -0.15) is 0 Å². The van der Waals surface area contributed by atoms with Gasteiger partial charge in [-0.15, -0.1) is 10.2 Å². The number of aromatic nitrogens is 3. The minimum absolute atomic E-state index is 0.00101. The minimum atomic E-state index is -0.825. The van der Waals surface area contributed by atoms with E-state index in [1.54, 1.807) is 24.5 Å². The Bertz CT molecular complexity index is 1070. The number of hydrogen-bond donors (Lipinski definition) is 1. The summed E-state index contributed by atoms with van der Waals surface area (Å²) in [5.41, 5.74) is 0.820. The fraction of sp³-hybridized carbons (Fsp3) is 0.105. The molecule has 0 saturated carbocycles. The third-order valence-electron chi connectivity index (χ3n) is 3.70. The van der Waals surface area contributed by atoms with Crippen molar-refractivity contribution in [1.82, 2.24) is 15.2 Å². The Kier molecular flexibility index (Phi) is 5.93. The molecule has 1 aromatic carbocycles.